The average molecular weight is 405 g/mol. The molecular formula is C24H36O5. The van der Waals surface area contributed by atoms with Crippen molar-refractivity contribution in [3.8, 4) is 0 Å². The van der Waals surface area contributed by atoms with E-state index in [1.54, 1.807) is 31.2 Å². The molecule has 1 aromatic rings. The van der Waals surface area contributed by atoms with E-state index in [9.17, 15) is 19.8 Å². The Hall–Kier alpha value is -2.66. The van der Waals surface area contributed by atoms with Crippen molar-refractivity contribution in [2.24, 2.45) is 0 Å². The van der Waals surface area contributed by atoms with Gasteiger partial charge in [-0.1, -0.05) is 83.9 Å². The van der Waals surface area contributed by atoms with Crippen LogP contribution in [0, 0.1) is 0 Å². The van der Waals surface area contributed by atoms with E-state index in [-0.39, 0.29) is 5.48 Å². The van der Waals surface area contributed by atoms with Crippen LogP contribution in [0.15, 0.2) is 54.1 Å². The molecule has 0 bridgehead atoms. The fourth-order valence-corrected chi connectivity index (χ4v) is 3.29. The molecule has 5 nitrogen and oxygen atoms in total. The molecule has 0 heterocycles. The first-order chi connectivity index (χ1) is 13.2. The molecule has 0 spiro atoms. The van der Waals surface area contributed by atoms with E-state index in [1.807, 2.05) is 19.1 Å². The number of fused-ring (bicyclic) bond motifs is 1. The lowest BCUT2D eigenvalue weighted by Gasteiger charge is -2.26. The lowest BCUT2D eigenvalue weighted by atomic mass is 9.76. The number of hydrogen-bond acceptors (Lipinski definition) is 2. The number of carboxylic acid groups (broad SMARTS) is 2. The molecule has 1 aliphatic carbocycles. The largest absolute Gasteiger partial charge is 0.477 e. The first-order valence-corrected chi connectivity index (χ1v) is 9.80. The molecule has 0 saturated carbocycles. The van der Waals surface area contributed by atoms with E-state index in [0.29, 0.717) is 23.1 Å². The van der Waals surface area contributed by atoms with Gasteiger partial charge in [0.2, 0.25) is 0 Å². The van der Waals surface area contributed by atoms with Gasteiger partial charge in [0.15, 0.2) is 5.57 Å². The molecule has 1 aromatic carbocycles. The van der Waals surface area contributed by atoms with Crippen LogP contribution in [0.3, 0.4) is 0 Å². The van der Waals surface area contributed by atoms with E-state index >= 15 is 0 Å². The minimum absolute atomic E-state index is 0. The molecule has 162 valence electrons. The Kier molecular flexibility index (Phi) is 13.3. The van der Waals surface area contributed by atoms with Gasteiger partial charge in [-0.25, -0.2) is 9.59 Å². The molecule has 0 saturated heterocycles. The van der Waals surface area contributed by atoms with Gasteiger partial charge in [0.05, 0.1) is 0 Å². The van der Waals surface area contributed by atoms with Crippen molar-refractivity contribution in [3.63, 3.8) is 0 Å². The highest BCUT2D eigenvalue weighted by molar-refractivity contribution is 6.21. The predicted octanol–water partition coefficient (Wildman–Crippen LogP) is 5.41. The molecule has 29 heavy (non-hydrogen) atoms. The van der Waals surface area contributed by atoms with Crippen molar-refractivity contribution in [1.82, 2.24) is 0 Å². The summed E-state index contributed by atoms with van der Waals surface area (Å²) in [6.45, 7) is 16.1. The van der Waals surface area contributed by atoms with Crippen LogP contribution in [0.1, 0.15) is 71.9 Å². The predicted molar refractivity (Wildman–Crippen MR) is 120 cm³/mol. The summed E-state index contributed by atoms with van der Waals surface area (Å²) < 4.78 is 0. The molecule has 5 heteroatoms. The van der Waals surface area contributed by atoms with Crippen molar-refractivity contribution in [2.75, 3.05) is 0 Å². The van der Waals surface area contributed by atoms with Gasteiger partial charge >= 0.3 is 11.9 Å². The molecular weight excluding hydrogens is 368 g/mol. The Morgan fingerprint density at radius 1 is 1.03 bits per heavy atom. The fraction of sp³-hybridized carbons (Fsp3) is 0.417. The van der Waals surface area contributed by atoms with Gasteiger partial charge in [-0.05, 0) is 30.0 Å². The second-order valence-corrected chi connectivity index (χ2v) is 6.85. The maximum absolute atomic E-state index is 11.5. The number of allylic oxidation sites excluding steroid dienone is 4. The van der Waals surface area contributed by atoms with Gasteiger partial charge < -0.3 is 15.7 Å². The summed E-state index contributed by atoms with van der Waals surface area (Å²) in [4.78, 5) is 23.0. The third-order valence-corrected chi connectivity index (χ3v) is 4.17. The maximum atomic E-state index is 11.5. The number of rotatable bonds is 4. The van der Waals surface area contributed by atoms with Gasteiger partial charge in [0.25, 0.3) is 0 Å². The van der Waals surface area contributed by atoms with Crippen LogP contribution in [0.4, 0.5) is 0 Å². The summed E-state index contributed by atoms with van der Waals surface area (Å²) >= 11 is 0. The summed E-state index contributed by atoms with van der Waals surface area (Å²) in [6, 6.07) is 7.34. The van der Waals surface area contributed by atoms with Gasteiger partial charge in [-0.3, -0.25) is 0 Å². The summed E-state index contributed by atoms with van der Waals surface area (Å²) in [5.74, 6) is -2.86. The molecule has 0 aliphatic heterocycles. The SMILES string of the molecule is C=CCC1(C)/C(=C\C)C(=C(C(=O)O)C(=O)O)c2ccccc21.CCC.CCC.O. The molecule has 0 amide bonds. The number of aliphatic carboxylic acids is 2. The highest BCUT2D eigenvalue weighted by Crippen LogP contribution is 2.52. The third-order valence-electron chi connectivity index (χ3n) is 4.17. The van der Waals surface area contributed by atoms with Crippen molar-refractivity contribution >= 4 is 17.5 Å². The highest BCUT2D eigenvalue weighted by Gasteiger charge is 2.43. The second kappa shape index (κ2) is 13.5. The smallest absolute Gasteiger partial charge is 0.343 e. The van der Waals surface area contributed by atoms with Crippen LogP contribution in [-0.2, 0) is 15.0 Å². The van der Waals surface area contributed by atoms with Crippen LogP contribution < -0.4 is 0 Å². The van der Waals surface area contributed by atoms with Crippen LogP contribution >= 0.6 is 0 Å². The van der Waals surface area contributed by atoms with Crippen LogP contribution in [0.25, 0.3) is 5.57 Å². The minimum atomic E-state index is -1.43. The maximum Gasteiger partial charge on any atom is 0.343 e. The van der Waals surface area contributed by atoms with Crippen molar-refractivity contribution in [2.45, 2.75) is 66.2 Å². The Balaban J connectivity index is 0. The minimum Gasteiger partial charge on any atom is -0.477 e. The quantitative estimate of drug-likeness (QED) is 0.303. The standard InChI is InChI=1S/C18H18O4.2C3H8.H2O/c1-4-10-18(3)12(5-2)14(15(16(19)20)17(21)22)11-8-6-7-9-13(11)18;2*1-3-2;/h4-9H,1,10H2,2-3H3,(H,19,20)(H,21,22);2*3H2,1-2H3;1H2/b12-5-;;;. The van der Waals surface area contributed by atoms with E-state index in [0.717, 1.165) is 5.56 Å². The van der Waals surface area contributed by atoms with Crippen molar-refractivity contribution < 1.29 is 25.3 Å². The molecule has 0 fully saturated rings. The lowest BCUT2D eigenvalue weighted by molar-refractivity contribution is -0.140. The Bertz CT molecular complexity index is 740. The summed E-state index contributed by atoms with van der Waals surface area (Å²) in [5.41, 5.74) is 1.54. The third kappa shape index (κ3) is 6.43. The summed E-state index contributed by atoms with van der Waals surface area (Å²) in [6.07, 6.45) is 6.66. The van der Waals surface area contributed by atoms with Crippen molar-refractivity contribution in [1.29, 1.82) is 0 Å². The topological polar surface area (TPSA) is 106 Å². The Morgan fingerprint density at radius 2 is 1.48 bits per heavy atom. The summed E-state index contributed by atoms with van der Waals surface area (Å²) in [5, 5.41) is 18.7. The zero-order valence-corrected chi connectivity index (χ0v) is 18.5. The van der Waals surface area contributed by atoms with Gasteiger partial charge in [0, 0.05) is 11.0 Å². The number of carboxylic acids is 2. The van der Waals surface area contributed by atoms with Crippen molar-refractivity contribution in [3.05, 3.63) is 65.3 Å². The van der Waals surface area contributed by atoms with E-state index in [4.69, 9.17) is 0 Å². The molecule has 4 N–H and O–H groups in total. The molecule has 2 rings (SSSR count). The van der Waals surface area contributed by atoms with Crippen LogP contribution in [-0.4, -0.2) is 27.6 Å². The zero-order valence-electron chi connectivity index (χ0n) is 18.5. The first kappa shape index (κ1) is 28.5. The van der Waals surface area contributed by atoms with E-state index in [1.165, 1.54) is 12.8 Å². The molecule has 1 unspecified atom stereocenters. The number of hydrogen-bond donors (Lipinski definition) is 2. The second-order valence-electron chi connectivity index (χ2n) is 6.85. The normalized spacial score (nSPS) is 17.6. The molecule has 0 radical (unpaired) electrons. The monoisotopic (exact) mass is 404 g/mol. The molecule has 1 atom stereocenters. The zero-order chi connectivity index (χ0) is 21.9. The lowest BCUT2D eigenvalue weighted by Crippen LogP contribution is -2.21. The highest BCUT2D eigenvalue weighted by atomic mass is 16.4. The number of carbonyl (C=O) groups is 2. The van der Waals surface area contributed by atoms with E-state index < -0.39 is 22.9 Å². The Morgan fingerprint density at radius 3 is 1.86 bits per heavy atom. The average Bonchev–Trinajstić information content (AvgIpc) is 2.85. The van der Waals surface area contributed by atoms with Gasteiger partial charge in [-0.2, -0.15) is 0 Å². The molecule has 0 aromatic heterocycles. The van der Waals surface area contributed by atoms with Gasteiger partial charge in [0.1, 0.15) is 0 Å². The Labute approximate surface area is 174 Å². The molecule has 1 aliphatic rings. The van der Waals surface area contributed by atoms with Gasteiger partial charge in [-0.15, -0.1) is 6.58 Å². The summed E-state index contributed by atoms with van der Waals surface area (Å²) in [7, 11) is 0. The van der Waals surface area contributed by atoms with E-state index in [2.05, 4.69) is 34.3 Å². The van der Waals surface area contributed by atoms with Crippen LogP contribution in [0.2, 0.25) is 0 Å². The van der Waals surface area contributed by atoms with Crippen LogP contribution in [0.5, 0.6) is 0 Å². The first-order valence-electron chi connectivity index (χ1n) is 9.80. The fourth-order valence-electron chi connectivity index (χ4n) is 3.29. The number of benzene rings is 1.